The molecular formula is C26H17ClN4O2S. The number of allylic oxidation sites excluding steroid dienone is 1. The van der Waals surface area contributed by atoms with Gasteiger partial charge in [-0.1, -0.05) is 29.8 Å². The Morgan fingerprint density at radius 1 is 1.12 bits per heavy atom. The van der Waals surface area contributed by atoms with Gasteiger partial charge in [0.15, 0.2) is 0 Å². The van der Waals surface area contributed by atoms with Gasteiger partial charge in [0, 0.05) is 11.2 Å². The van der Waals surface area contributed by atoms with Crippen molar-refractivity contribution in [3.63, 3.8) is 0 Å². The zero-order valence-corrected chi connectivity index (χ0v) is 19.8. The molecule has 2 aromatic carbocycles. The third-order valence-corrected chi connectivity index (χ3v) is 6.82. The first-order valence-electron chi connectivity index (χ1n) is 10.4. The van der Waals surface area contributed by atoms with Crippen LogP contribution in [0.3, 0.4) is 0 Å². The summed E-state index contributed by atoms with van der Waals surface area (Å²) >= 11 is 7.54. The molecule has 3 heterocycles. The summed E-state index contributed by atoms with van der Waals surface area (Å²) in [5.41, 5.74) is 2.99. The first-order chi connectivity index (χ1) is 16.4. The maximum Gasteiger partial charge on any atom is 0.269 e. The van der Waals surface area contributed by atoms with E-state index in [2.05, 4.69) is 16.0 Å². The summed E-state index contributed by atoms with van der Waals surface area (Å²) in [5.74, 6) is 0.592. The van der Waals surface area contributed by atoms with Crippen molar-refractivity contribution in [2.45, 2.75) is 13.8 Å². The molecule has 0 saturated carbocycles. The van der Waals surface area contributed by atoms with Crippen molar-refractivity contribution < 1.29 is 4.74 Å². The number of nitriles is 1. The maximum atomic E-state index is 13.5. The fourth-order valence-electron chi connectivity index (χ4n) is 3.56. The van der Waals surface area contributed by atoms with Gasteiger partial charge in [0.05, 0.1) is 15.8 Å². The van der Waals surface area contributed by atoms with Crippen LogP contribution in [0.1, 0.15) is 21.7 Å². The molecule has 166 valence electrons. The normalized spacial score (nSPS) is 11.6. The molecule has 5 aromatic rings. The largest absolute Gasteiger partial charge is 0.438 e. The molecule has 0 aliphatic rings. The number of para-hydroxylation sites is 1. The molecule has 8 heteroatoms. The Morgan fingerprint density at radius 3 is 2.71 bits per heavy atom. The quantitative estimate of drug-likeness (QED) is 0.274. The van der Waals surface area contributed by atoms with Crippen LogP contribution in [0.15, 0.2) is 65.6 Å². The van der Waals surface area contributed by atoms with Crippen LogP contribution in [0.4, 0.5) is 0 Å². The lowest BCUT2D eigenvalue weighted by atomic mass is 10.2. The molecule has 5 rings (SSSR count). The van der Waals surface area contributed by atoms with Crippen molar-refractivity contribution in [2.24, 2.45) is 0 Å². The Hall–Kier alpha value is -3.99. The van der Waals surface area contributed by atoms with E-state index in [1.807, 2.05) is 44.2 Å². The molecule has 0 atom stereocenters. The highest BCUT2D eigenvalue weighted by atomic mass is 35.5. The van der Waals surface area contributed by atoms with Gasteiger partial charge in [-0.2, -0.15) is 10.2 Å². The SMILES string of the molecule is Cc1cc(Oc2nc3c(C)cccn3c(=O)c2/C=C(\C#N)c2nc3ccccc3s2)ccc1Cl. The van der Waals surface area contributed by atoms with Gasteiger partial charge < -0.3 is 4.74 Å². The van der Waals surface area contributed by atoms with Crippen molar-refractivity contribution in [1.82, 2.24) is 14.4 Å². The summed E-state index contributed by atoms with van der Waals surface area (Å²) in [7, 11) is 0. The predicted octanol–water partition coefficient (Wildman–Crippen LogP) is 6.43. The van der Waals surface area contributed by atoms with Crippen molar-refractivity contribution in [3.8, 4) is 17.7 Å². The smallest absolute Gasteiger partial charge is 0.269 e. The monoisotopic (exact) mass is 484 g/mol. The van der Waals surface area contributed by atoms with Gasteiger partial charge in [0.1, 0.15) is 28.0 Å². The molecule has 0 amide bonds. The van der Waals surface area contributed by atoms with Gasteiger partial charge in [0.25, 0.3) is 5.56 Å². The van der Waals surface area contributed by atoms with Crippen molar-refractivity contribution in [2.75, 3.05) is 0 Å². The van der Waals surface area contributed by atoms with Crippen LogP contribution in [0, 0.1) is 25.2 Å². The number of fused-ring (bicyclic) bond motifs is 2. The average molecular weight is 485 g/mol. The number of nitrogens with zero attached hydrogens (tertiary/aromatic N) is 4. The standard InChI is InChI=1S/C26H17ClN4O2S/c1-15-6-5-11-31-23(15)30-24(33-18-9-10-20(27)16(2)12-18)19(26(31)32)13-17(14-28)25-29-21-7-3-4-8-22(21)34-25/h3-13H,1-2H3/b17-13+. The summed E-state index contributed by atoms with van der Waals surface area (Å²) in [6.07, 6.45) is 3.15. The van der Waals surface area contributed by atoms with E-state index in [0.29, 0.717) is 21.4 Å². The Labute approximate surface area is 204 Å². The minimum atomic E-state index is -0.344. The first kappa shape index (κ1) is 21.8. The van der Waals surface area contributed by atoms with Gasteiger partial charge in [-0.15, -0.1) is 11.3 Å². The minimum Gasteiger partial charge on any atom is -0.438 e. The minimum absolute atomic E-state index is 0.106. The van der Waals surface area contributed by atoms with E-state index in [-0.39, 0.29) is 22.6 Å². The summed E-state index contributed by atoms with van der Waals surface area (Å²) < 4.78 is 8.48. The molecule has 0 saturated heterocycles. The Morgan fingerprint density at radius 2 is 1.94 bits per heavy atom. The Kier molecular flexibility index (Phi) is 5.62. The van der Waals surface area contributed by atoms with Crippen LogP contribution in [-0.2, 0) is 0 Å². The number of aromatic nitrogens is 3. The molecule has 0 unspecified atom stereocenters. The molecule has 0 aliphatic heterocycles. The number of benzene rings is 2. The van der Waals surface area contributed by atoms with E-state index < -0.39 is 0 Å². The van der Waals surface area contributed by atoms with Gasteiger partial charge in [0.2, 0.25) is 5.88 Å². The zero-order chi connectivity index (χ0) is 23.8. The number of hydrogen-bond acceptors (Lipinski definition) is 6. The molecule has 3 aromatic heterocycles. The number of rotatable bonds is 4. The number of ether oxygens (including phenoxy) is 1. The van der Waals surface area contributed by atoms with E-state index in [1.165, 1.54) is 21.8 Å². The molecule has 0 fully saturated rings. The van der Waals surface area contributed by atoms with E-state index in [0.717, 1.165) is 21.3 Å². The van der Waals surface area contributed by atoms with E-state index in [1.54, 1.807) is 30.5 Å². The van der Waals surface area contributed by atoms with Crippen LogP contribution < -0.4 is 10.3 Å². The highest BCUT2D eigenvalue weighted by Crippen LogP contribution is 2.31. The van der Waals surface area contributed by atoms with Crippen LogP contribution in [0.2, 0.25) is 5.02 Å². The topological polar surface area (TPSA) is 80.3 Å². The lowest BCUT2D eigenvalue weighted by Gasteiger charge is -2.12. The molecule has 0 spiro atoms. The summed E-state index contributed by atoms with van der Waals surface area (Å²) in [5, 5.41) is 11.1. The second-order valence-corrected chi connectivity index (χ2v) is 9.13. The van der Waals surface area contributed by atoms with Crippen molar-refractivity contribution in [1.29, 1.82) is 5.26 Å². The third kappa shape index (κ3) is 3.94. The number of pyridine rings is 1. The molecule has 0 bridgehead atoms. The van der Waals surface area contributed by atoms with Crippen LogP contribution in [-0.4, -0.2) is 14.4 Å². The van der Waals surface area contributed by atoms with E-state index in [4.69, 9.17) is 16.3 Å². The van der Waals surface area contributed by atoms with E-state index in [9.17, 15) is 10.1 Å². The molecule has 0 aliphatic carbocycles. The van der Waals surface area contributed by atoms with Crippen LogP contribution in [0.5, 0.6) is 11.6 Å². The third-order valence-electron chi connectivity index (χ3n) is 5.33. The van der Waals surface area contributed by atoms with Crippen LogP contribution in [0.25, 0.3) is 27.5 Å². The van der Waals surface area contributed by atoms with Gasteiger partial charge in [-0.3, -0.25) is 9.20 Å². The lowest BCUT2D eigenvalue weighted by molar-refractivity contribution is 0.460. The molecule has 34 heavy (non-hydrogen) atoms. The Bertz CT molecular complexity index is 1680. The molecular weight excluding hydrogens is 468 g/mol. The fraction of sp³-hybridized carbons (Fsp3) is 0.0769. The first-order valence-corrected chi connectivity index (χ1v) is 11.6. The van der Waals surface area contributed by atoms with Gasteiger partial charge in [-0.05, 0) is 67.4 Å². The number of thiazole rings is 1. The Balaban J connectivity index is 1.72. The van der Waals surface area contributed by atoms with Crippen LogP contribution >= 0.6 is 22.9 Å². The van der Waals surface area contributed by atoms with E-state index >= 15 is 0 Å². The predicted molar refractivity (Wildman–Crippen MR) is 136 cm³/mol. The van der Waals surface area contributed by atoms with Crippen molar-refractivity contribution in [3.05, 3.63) is 97.9 Å². The maximum absolute atomic E-state index is 13.5. The second-order valence-electron chi connectivity index (χ2n) is 7.69. The number of aryl methyl sites for hydroxylation is 2. The molecule has 0 N–H and O–H groups in total. The lowest BCUT2D eigenvalue weighted by Crippen LogP contribution is -2.19. The zero-order valence-electron chi connectivity index (χ0n) is 18.2. The molecule has 6 nitrogen and oxygen atoms in total. The van der Waals surface area contributed by atoms with Gasteiger partial charge in [-0.25, -0.2) is 4.98 Å². The summed E-state index contributed by atoms with van der Waals surface area (Å²) in [6, 6.07) is 18.7. The summed E-state index contributed by atoms with van der Waals surface area (Å²) in [6.45, 7) is 3.74. The number of halogens is 1. The average Bonchev–Trinajstić information content (AvgIpc) is 3.26. The highest BCUT2D eigenvalue weighted by Gasteiger charge is 2.18. The molecule has 0 radical (unpaired) electrons. The number of hydrogen-bond donors (Lipinski definition) is 0. The fourth-order valence-corrected chi connectivity index (χ4v) is 4.61. The van der Waals surface area contributed by atoms with Gasteiger partial charge >= 0.3 is 0 Å². The van der Waals surface area contributed by atoms with Crippen molar-refractivity contribution >= 4 is 50.5 Å². The summed E-state index contributed by atoms with van der Waals surface area (Å²) in [4.78, 5) is 22.7. The highest BCUT2D eigenvalue weighted by molar-refractivity contribution is 7.19. The second kappa shape index (κ2) is 8.75.